The Balaban J connectivity index is 2.04. The molecule has 0 saturated carbocycles. The van der Waals surface area contributed by atoms with Crippen LogP contribution in [0.1, 0.15) is 0 Å². The van der Waals surface area contributed by atoms with Crippen LogP contribution in [0, 0.1) is 0 Å². The van der Waals surface area contributed by atoms with Crippen LogP contribution in [0.15, 0.2) is 60.9 Å². The molecule has 0 aliphatic heterocycles. The molecular weight excluding hydrogens is 238 g/mol. The standard InChI is InChI=1S/C15H13N3O/c1-19-14-9-7-12(8-10-14)15-17-16-11-18(15)13-5-3-2-4-6-13/h2-11H,1H3. The third kappa shape index (κ3) is 2.20. The first-order chi connectivity index (χ1) is 9.38. The van der Waals surface area contributed by atoms with E-state index in [2.05, 4.69) is 10.2 Å². The molecule has 4 heteroatoms. The van der Waals surface area contributed by atoms with Crippen LogP contribution in [0.3, 0.4) is 0 Å². The second-order valence-corrected chi connectivity index (χ2v) is 4.09. The molecule has 0 radical (unpaired) electrons. The van der Waals surface area contributed by atoms with Gasteiger partial charge in [-0.15, -0.1) is 10.2 Å². The number of ether oxygens (including phenoxy) is 1. The summed E-state index contributed by atoms with van der Waals surface area (Å²) < 4.78 is 7.12. The van der Waals surface area contributed by atoms with E-state index >= 15 is 0 Å². The van der Waals surface area contributed by atoms with E-state index in [1.54, 1.807) is 13.4 Å². The molecule has 0 saturated heterocycles. The Morgan fingerprint density at radius 1 is 0.947 bits per heavy atom. The summed E-state index contributed by atoms with van der Waals surface area (Å²) in [4.78, 5) is 0. The molecule has 0 atom stereocenters. The lowest BCUT2D eigenvalue weighted by molar-refractivity contribution is 0.415. The maximum Gasteiger partial charge on any atom is 0.168 e. The topological polar surface area (TPSA) is 39.9 Å². The highest BCUT2D eigenvalue weighted by atomic mass is 16.5. The van der Waals surface area contributed by atoms with Crippen molar-refractivity contribution < 1.29 is 4.74 Å². The van der Waals surface area contributed by atoms with Gasteiger partial charge in [-0.2, -0.15) is 0 Å². The third-order valence-electron chi connectivity index (χ3n) is 2.93. The van der Waals surface area contributed by atoms with E-state index in [0.29, 0.717) is 0 Å². The molecule has 0 fully saturated rings. The van der Waals surface area contributed by atoms with Gasteiger partial charge in [0.2, 0.25) is 0 Å². The van der Waals surface area contributed by atoms with Gasteiger partial charge in [-0.05, 0) is 36.4 Å². The fourth-order valence-corrected chi connectivity index (χ4v) is 1.95. The van der Waals surface area contributed by atoms with E-state index in [9.17, 15) is 0 Å². The van der Waals surface area contributed by atoms with Crippen LogP contribution < -0.4 is 4.74 Å². The molecule has 0 bridgehead atoms. The summed E-state index contributed by atoms with van der Waals surface area (Å²) in [6.07, 6.45) is 1.72. The first kappa shape index (κ1) is 11.5. The molecule has 1 heterocycles. The SMILES string of the molecule is COc1ccc(-c2nncn2-c2ccccc2)cc1. The smallest absolute Gasteiger partial charge is 0.168 e. The highest BCUT2D eigenvalue weighted by molar-refractivity contribution is 5.59. The van der Waals surface area contributed by atoms with Crippen molar-refractivity contribution in [1.82, 2.24) is 14.8 Å². The van der Waals surface area contributed by atoms with E-state index in [0.717, 1.165) is 22.8 Å². The van der Waals surface area contributed by atoms with Crippen molar-refractivity contribution in [2.24, 2.45) is 0 Å². The number of rotatable bonds is 3. The van der Waals surface area contributed by atoms with Gasteiger partial charge in [-0.1, -0.05) is 18.2 Å². The van der Waals surface area contributed by atoms with Crippen LogP contribution >= 0.6 is 0 Å². The second kappa shape index (κ2) is 4.94. The Labute approximate surface area is 111 Å². The Morgan fingerprint density at radius 3 is 2.37 bits per heavy atom. The predicted octanol–water partition coefficient (Wildman–Crippen LogP) is 2.94. The summed E-state index contributed by atoms with van der Waals surface area (Å²) in [7, 11) is 1.65. The number of methoxy groups -OCH3 is 1. The quantitative estimate of drug-likeness (QED) is 0.718. The molecule has 94 valence electrons. The zero-order valence-corrected chi connectivity index (χ0v) is 10.5. The van der Waals surface area contributed by atoms with Crippen molar-refractivity contribution >= 4 is 0 Å². The van der Waals surface area contributed by atoms with Crippen LogP contribution in [0.5, 0.6) is 5.75 Å². The van der Waals surface area contributed by atoms with Gasteiger partial charge < -0.3 is 4.74 Å². The number of nitrogens with zero attached hydrogens (tertiary/aromatic N) is 3. The lowest BCUT2D eigenvalue weighted by atomic mass is 10.2. The fourth-order valence-electron chi connectivity index (χ4n) is 1.95. The first-order valence-corrected chi connectivity index (χ1v) is 5.98. The molecule has 19 heavy (non-hydrogen) atoms. The van der Waals surface area contributed by atoms with Crippen LogP contribution in [-0.4, -0.2) is 21.9 Å². The second-order valence-electron chi connectivity index (χ2n) is 4.09. The molecule has 0 unspecified atom stereocenters. The molecule has 0 amide bonds. The monoisotopic (exact) mass is 251 g/mol. The summed E-state index contributed by atoms with van der Waals surface area (Å²) in [5, 5.41) is 8.19. The van der Waals surface area contributed by atoms with Crippen LogP contribution in [0.2, 0.25) is 0 Å². The lowest BCUT2D eigenvalue weighted by Gasteiger charge is -2.07. The average molecular weight is 251 g/mol. The summed E-state index contributed by atoms with van der Waals surface area (Å²) >= 11 is 0. The van der Waals surface area contributed by atoms with Gasteiger partial charge in [0, 0.05) is 11.3 Å². The Bertz CT molecular complexity index is 659. The van der Waals surface area contributed by atoms with Gasteiger partial charge >= 0.3 is 0 Å². The molecule has 0 spiro atoms. The van der Waals surface area contributed by atoms with E-state index in [1.165, 1.54) is 0 Å². The maximum atomic E-state index is 5.16. The zero-order valence-electron chi connectivity index (χ0n) is 10.5. The highest BCUT2D eigenvalue weighted by Gasteiger charge is 2.08. The average Bonchev–Trinajstić information content (AvgIpc) is 2.98. The normalized spacial score (nSPS) is 10.4. The summed E-state index contributed by atoms with van der Waals surface area (Å²) in [6.45, 7) is 0. The Morgan fingerprint density at radius 2 is 1.68 bits per heavy atom. The zero-order chi connectivity index (χ0) is 13.1. The van der Waals surface area contributed by atoms with Crippen molar-refractivity contribution in [2.75, 3.05) is 7.11 Å². The first-order valence-electron chi connectivity index (χ1n) is 5.98. The summed E-state index contributed by atoms with van der Waals surface area (Å²) in [5.41, 5.74) is 2.04. The largest absolute Gasteiger partial charge is 0.497 e. The van der Waals surface area contributed by atoms with Crippen molar-refractivity contribution in [1.29, 1.82) is 0 Å². The highest BCUT2D eigenvalue weighted by Crippen LogP contribution is 2.22. The van der Waals surface area contributed by atoms with Gasteiger partial charge in [0.15, 0.2) is 5.82 Å². The van der Waals surface area contributed by atoms with Crippen molar-refractivity contribution in [3.8, 4) is 22.8 Å². The van der Waals surface area contributed by atoms with Crippen LogP contribution in [0.4, 0.5) is 0 Å². The number of benzene rings is 2. The van der Waals surface area contributed by atoms with Crippen molar-refractivity contribution in [3.63, 3.8) is 0 Å². The van der Waals surface area contributed by atoms with E-state index in [4.69, 9.17) is 4.74 Å². The van der Waals surface area contributed by atoms with E-state index in [-0.39, 0.29) is 0 Å². The Hall–Kier alpha value is -2.62. The van der Waals surface area contributed by atoms with Crippen LogP contribution in [0.25, 0.3) is 17.1 Å². The minimum Gasteiger partial charge on any atom is -0.497 e. The summed E-state index contributed by atoms with van der Waals surface area (Å²) in [5.74, 6) is 1.64. The lowest BCUT2D eigenvalue weighted by Crippen LogP contribution is -1.95. The molecule has 2 aromatic carbocycles. The minimum atomic E-state index is 0.814. The molecule has 0 aliphatic rings. The fraction of sp³-hybridized carbons (Fsp3) is 0.0667. The van der Waals surface area contributed by atoms with Crippen LogP contribution in [-0.2, 0) is 0 Å². The van der Waals surface area contributed by atoms with Gasteiger partial charge in [0.05, 0.1) is 7.11 Å². The van der Waals surface area contributed by atoms with Crippen molar-refractivity contribution in [2.45, 2.75) is 0 Å². The van der Waals surface area contributed by atoms with Crippen molar-refractivity contribution in [3.05, 3.63) is 60.9 Å². The number of aromatic nitrogens is 3. The maximum absolute atomic E-state index is 5.16. The van der Waals surface area contributed by atoms with E-state index in [1.807, 2.05) is 59.2 Å². The molecular formula is C15H13N3O. The van der Waals surface area contributed by atoms with Gasteiger partial charge in [-0.25, -0.2) is 0 Å². The third-order valence-corrected chi connectivity index (χ3v) is 2.93. The summed E-state index contributed by atoms with van der Waals surface area (Å²) in [6, 6.07) is 17.8. The molecule has 0 aliphatic carbocycles. The Kier molecular flexibility index (Phi) is 2.98. The number of hydrogen-bond acceptors (Lipinski definition) is 3. The van der Waals surface area contributed by atoms with Gasteiger partial charge in [0.1, 0.15) is 12.1 Å². The molecule has 3 rings (SSSR count). The minimum absolute atomic E-state index is 0.814. The molecule has 4 nitrogen and oxygen atoms in total. The number of hydrogen-bond donors (Lipinski definition) is 0. The number of para-hydroxylation sites is 1. The molecule has 0 N–H and O–H groups in total. The van der Waals surface area contributed by atoms with E-state index < -0.39 is 0 Å². The van der Waals surface area contributed by atoms with Gasteiger partial charge in [0.25, 0.3) is 0 Å². The molecule has 1 aromatic heterocycles. The molecule has 3 aromatic rings. The van der Waals surface area contributed by atoms with Gasteiger partial charge in [-0.3, -0.25) is 4.57 Å². The predicted molar refractivity (Wildman–Crippen MR) is 73.3 cm³/mol.